The second-order valence-corrected chi connectivity index (χ2v) is 4.46. The predicted octanol–water partition coefficient (Wildman–Crippen LogP) is 1.72. The van der Waals surface area contributed by atoms with Gasteiger partial charge in [-0.2, -0.15) is 0 Å². The summed E-state index contributed by atoms with van der Waals surface area (Å²) in [5.74, 6) is 0.805. The van der Waals surface area contributed by atoms with E-state index in [-0.39, 0.29) is 5.91 Å². The van der Waals surface area contributed by atoms with Crippen molar-refractivity contribution in [3.05, 3.63) is 22.3 Å². The van der Waals surface area contributed by atoms with E-state index in [4.69, 9.17) is 0 Å². The minimum absolute atomic E-state index is 0.00683. The topological polar surface area (TPSA) is 45.2 Å². The van der Waals surface area contributed by atoms with Crippen LogP contribution in [0.25, 0.3) is 0 Å². The molecular weight excluding hydrogens is 270 g/mol. The van der Waals surface area contributed by atoms with Gasteiger partial charge in [-0.15, -0.1) is 0 Å². The van der Waals surface area contributed by atoms with Crippen molar-refractivity contribution in [2.24, 2.45) is 0 Å². The molecule has 0 radical (unpaired) electrons. The van der Waals surface area contributed by atoms with Gasteiger partial charge in [0.05, 0.1) is 6.54 Å². The summed E-state index contributed by atoms with van der Waals surface area (Å²) < 4.78 is 0.975. The SMILES string of the molecule is CCNC(=O)CN(C)c1cc(C)c(Br)cn1. The third-order valence-electron chi connectivity index (χ3n) is 2.18. The molecular formula is C11H16BrN3O. The number of carbonyl (C=O) groups is 1. The number of amides is 1. The van der Waals surface area contributed by atoms with Crippen molar-refractivity contribution in [3.8, 4) is 0 Å². The Morgan fingerprint density at radius 2 is 2.31 bits per heavy atom. The Morgan fingerprint density at radius 3 is 2.88 bits per heavy atom. The zero-order chi connectivity index (χ0) is 12.1. The smallest absolute Gasteiger partial charge is 0.239 e. The van der Waals surface area contributed by atoms with Crippen LogP contribution in [0.1, 0.15) is 12.5 Å². The van der Waals surface area contributed by atoms with Crippen LogP contribution >= 0.6 is 15.9 Å². The van der Waals surface area contributed by atoms with E-state index in [0.717, 1.165) is 15.9 Å². The summed E-state index contributed by atoms with van der Waals surface area (Å²) in [5.41, 5.74) is 1.10. The van der Waals surface area contributed by atoms with Crippen LogP contribution < -0.4 is 10.2 Å². The van der Waals surface area contributed by atoms with E-state index >= 15 is 0 Å². The fraction of sp³-hybridized carbons (Fsp3) is 0.455. The predicted molar refractivity (Wildman–Crippen MR) is 68.6 cm³/mol. The van der Waals surface area contributed by atoms with Crippen LogP contribution in [0, 0.1) is 6.92 Å². The van der Waals surface area contributed by atoms with E-state index < -0.39 is 0 Å². The second kappa shape index (κ2) is 5.84. The molecule has 4 nitrogen and oxygen atoms in total. The number of hydrogen-bond acceptors (Lipinski definition) is 3. The molecule has 0 aliphatic rings. The van der Waals surface area contributed by atoms with E-state index in [1.165, 1.54) is 0 Å². The first-order valence-electron chi connectivity index (χ1n) is 5.14. The number of anilines is 1. The first kappa shape index (κ1) is 13.0. The van der Waals surface area contributed by atoms with Crippen LogP contribution in [0.4, 0.5) is 5.82 Å². The Hall–Kier alpha value is -1.10. The average Bonchev–Trinajstić information content (AvgIpc) is 2.22. The molecule has 0 saturated heterocycles. The highest BCUT2D eigenvalue weighted by Gasteiger charge is 2.08. The van der Waals surface area contributed by atoms with Gasteiger partial charge in [0.25, 0.3) is 0 Å². The third kappa shape index (κ3) is 3.48. The van der Waals surface area contributed by atoms with Crippen molar-refractivity contribution in [3.63, 3.8) is 0 Å². The molecule has 1 amide bonds. The molecule has 0 fully saturated rings. The van der Waals surface area contributed by atoms with Crippen LogP contribution in [-0.2, 0) is 4.79 Å². The molecule has 0 spiro atoms. The summed E-state index contributed by atoms with van der Waals surface area (Å²) in [6.07, 6.45) is 1.75. The Labute approximate surface area is 104 Å². The summed E-state index contributed by atoms with van der Waals surface area (Å²) in [6, 6.07) is 1.95. The highest BCUT2D eigenvalue weighted by Crippen LogP contribution is 2.18. The zero-order valence-corrected chi connectivity index (χ0v) is 11.3. The maximum atomic E-state index is 11.4. The standard InChI is InChI=1S/C11H16BrN3O/c1-4-13-11(16)7-15(3)10-5-8(2)9(12)6-14-10/h5-6H,4,7H2,1-3H3,(H,13,16). The van der Waals surface area contributed by atoms with Gasteiger partial charge >= 0.3 is 0 Å². The van der Waals surface area contributed by atoms with Gasteiger partial charge in [0.1, 0.15) is 5.82 Å². The maximum absolute atomic E-state index is 11.4. The molecule has 1 N–H and O–H groups in total. The molecule has 1 aromatic rings. The van der Waals surface area contributed by atoms with Crippen LogP contribution in [0.2, 0.25) is 0 Å². The molecule has 1 rings (SSSR count). The quantitative estimate of drug-likeness (QED) is 0.916. The fourth-order valence-electron chi connectivity index (χ4n) is 1.28. The molecule has 0 saturated carbocycles. The molecule has 0 bridgehead atoms. The number of likely N-dealkylation sites (N-methyl/N-ethyl adjacent to an activating group) is 2. The lowest BCUT2D eigenvalue weighted by atomic mass is 10.3. The number of nitrogens with zero attached hydrogens (tertiary/aromatic N) is 2. The normalized spacial score (nSPS) is 10.0. The number of aryl methyl sites for hydroxylation is 1. The Balaban J connectivity index is 2.69. The Bertz CT molecular complexity index is 381. The number of pyridine rings is 1. The number of nitrogens with one attached hydrogen (secondary N) is 1. The van der Waals surface area contributed by atoms with Crippen LogP contribution in [0.3, 0.4) is 0 Å². The largest absolute Gasteiger partial charge is 0.355 e. The van der Waals surface area contributed by atoms with Gasteiger partial charge in [0, 0.05) is 24.3 Å². The number of carbonyl (C=O) groups excluding carboxylic acids is 1. The monoisotopic (exact) mass is 285 g/mol. The summed E-state index contributed by atoms with van der Waals surface area (Å²) >= 11 is 3.39. The van der Waals surface area contributed by atoms with E-state index in [1.54, 1.807) is 6.20 Å². The molecule has 0 aromatic carbocycles. The summed E-state index contributed by atoms with van der Waals surface area (Å²) in [4.78, 5) is 17.5. The molecule has 0 aliphatic heterocycles. The van der Waals surface area contributed by atoms with Crippen molar-refractivity contribution < 1.29 is 4.79 Å². The molecule has 16 heavy (non-hydrogen) atoms. The molecule has 1 heterocycles. The number of aromatic nitrogens is 1. The highest BCUT2D eigenvalue weighted by atomic mass is 79.9. The minimum atomic E-state index is 0.00683. The van der Waals surface area contributed by atoms with E-state index in [0.29, 0.717) is 13.1 Å². The summed E-state index contributed by atoms with van der Waals surface area (Å²) in [5, 5.41) is 2.75. The van der Waals surface area contributed by atoms with Crippen LogP contribution in [-0.4, -0.2) is 31.0 Å². The first-order valence-corrected chi connectivity index (χ1v) is 5.94. The van der Waals surface area contributed by atoms with Gasteiger partial charge in [-0.1, -0.05) is 0 Å². The van der Waals surface area contributed by atoms with E-state index in [2.05, 4.69) is 26.2 Å². The van der Waals surface area contributed by atoms with Crippen molar-refractivity contribution in [1.29, 1.82) is 0 Å². The van der Waals surface area contributed by atoms with Gasteiger partial charge in [-0.25, -0.2) is 4.98 Å². The molecule has 88 valence electrons. The molecule has 0 aliphatic carbocycles. The lowest BCUT2D eigenvalue weighted by molar-refractivity contribution is -0.119. The van der Waals surface area contributed by atoms with Crippen molar-refractivity contribution in [1.82, 2.24) is 10.3 Å². The van der Waals surface area contributed by atoms with Crippen LogP contribution in [0.5, 0.6) is 0 Å². The third-order valence-corrected chi connectivity index (χ3v) is 3.01. The second-order valence-electron chi connectivity index (χ2n) is 3.60. The number of halogens is 1. The maximum Gasteiger partial charge on any atom is 0.239 e. The zero-order valence-electron chi connectivity index (χ0n) is 9.75. The molecule has 0 atom stereocenters. The van der Waals surface area contributed by atoms with Gasteiger partial charge in [-0.3, -0.25) is 4.79 Å². The lowest BCUT2D eigenvalue weighted by Crippen LogP contribution is -2.35. The Morgan fingerprint density at radius 1 is 1.62 bits per heavy atom. The van der Waals surface area contributed by atoms with Crippen molar-refractivity contribution in [2.75, 3.05) is 25.0 Å². The first-order chi connectivity index (χ1) is 7.54. The molecule has 0 unspecified atom stereocenters. The van der Waals surface area contributed by atoms with Gasteiger partial charge in [0.2, 0.25) is 5.91 Å². The Kier molecular flexibility index (Phi) is 4.73. The van der Waals surface area contributed by atoms with Gasteiger partial charge in [0.15, 0.2) is 0 Å². The lowest BCUT2D eigenvalue weighted by Gasteiger charge is -2.18. The van der Waals surface area contributed by atoms with Crippen LogP contribution in [0.15, 0.2) is 16.7 Å². The van der Waals surface area contributed by atoms with Gasteiger partial charge < -0.3 is 10.2 Å². The minimum Gasteiger partial charge on any atom is -0.355 e. The average molecular weight is 286 g/mol. The fourth-order valence-corrected chi connectivity index (χ4v) is 1.50. The highest BCUT2D eigenvalue weighted by molar-refractivity contribution is 9.10. The van der Waals surface area contributed by atoms with E-state index in [1.807, 2.05) is 31.9 Å². The number of hydrogen-bond donors (Lipinski definition) is 1. The van der Waals surface area contributed by atoms with Crippen molar-refractivity contribution in [2.45, 2.75) is 13.8 Å². The van der Waals surface area contributed by atoms with Crippen molar-refractivity contribution >= 4 is 27.7 Å². The summed E-state index contributed by atoms with van der Waals surface area (Å²) in [7, 11) is 1.85. The van der Waals surface area contributed by atoms with Gasteiger partial charge in [-0.05, 0) is 41.4 Å². The molecule has 5 heteroatoms. The van der Waals surface area contributed by atoms with E-state index in [9.17, 15) is 4.79 Å². The summed E-state index contributed by atoms with van der Waals surface area (Å²) in [6.45, 7) is 4.87. The number of rotatable bonds is 4. The molecule has 1 aromatic heterocycles.